The molecule has 0 aromatic heterocycles. The molecule has 106 valence electrons. The van der Waals surface area contributed by atoms with Gasteiger partial charge in [-0.1, -0.05) is 33.1 Å². The van der Waals surface area contributed by atoms with Crippen molar-refractivity contribution in [2.24, 2.45) is 0 Å². The van der Waals surface area contributed by atoms with Crippen LogP contribution in [0.3, 0.4) is 0 Å². The van der Waals surface area contributed by atoms with E-state index in [0.29, 0.717) is 25.8 Å². The number of β-amino-alcohol motifs (C(OH)–C–C–N with tert-alkyl or cyclic N) is 1. The van der Waals surface area contributed by atoms with Gasteiger partial charge in [-0.25, -0.2) is 0 Å². The Bertz CT molecular complexity index is 264. The molecule has 0 aromatic carbocycles. The molecule has 1 saturated heterocycles. The summed E-state index contributed by atoms with van der Waals surface area (Å²) in [6.07, 6.45) is 6.36. The number of carbonyl (C=O) groups is 1. The summed E-state index contributed by atoms with van der Waals surface area (Å²) in [4.78, 5) is 13.3. The van der Waals surface area contributed by atoms with Gasteiger partial charge in [0.05, 0.1) is 5.60 Å². The highest BCUT2D eigenvalue weighted by molar-refractivity contribution is 5.73. The summed E-state index contributed by atoms with van der Waals surface area (Å²) < 4.78 is 0. The third kappa shape index (κ3) is 4.25. The first-order valence-corrected chi connectivity index (χ1v) is 7.21. The summed E-state index contributed by atoms with van der Waals surface area (Å²) in [6, 6.07) is -0.421. The second-order valence-corrected chi connectivity index (χ2v) is 5.46. The van der Waals surface area contributed by atoms with E-state index >= 15 is 0 Å². The zero-order chi connectivity index (χ0) is 13.6. The molecule has 0 bridgehead atoms. The number of nitrogens with zero attached hydrogens (tertiary/aromatic N) is 1. The molecule has 0 aromatic rings. The van der Waals surface area contributed by atoms with Crippen LogP contribution in [0, 0.1) is 0 Å². The standard InChI is InChI=1S/C14H27NO3/c1-3-14(18,4-2)11-15-10-8-6-5-7-9-12(15)13(16)17/h12,18H,3-11H2,1-2H3,(H,16,17). The molecule has 0 aliphatic carbocycles. The first kappa shape index (κ1) is 15.4. The highest BCUT2D eigenvalue weighted by atomic mass is 16.4. The van der Waals surface area contributed by atoms with Crippen molar-refractivity contribution in [2.45, 2.75) is 70.4 Å². The minimum Gasteiger partial charge on any atom is -0.480 e. The zero-order valence-electron chi connectivity index (χ0n) is 11.7. The lowest BCUT2D eigenvalue weighted by molar-refractivity contribution is -0.145. The lowest BCUT2D eigenvalue weighted by atomic mass is 9.94. The molecule has 1 aliphatic heterocycles. The molecule has 0 radical (unpaired) electrons. The van der Waals surface area contributed by atoms with E-state index in [9.17, 15) is 15.0 Å². The van der Waals surface area contributed by atoms with Gasteiger partial charge in [0, 0.05) is 6.54 Å². The predicted octanol–water partition coefficient (Wildman–Crippen LogP) is 2.26. The molecule has 1 heterocycles. The summed E-state index contributed by atoms with van der Waals surface area (Å²) >= 11 is 0. The van der Waals surface area contributed by atoms with E-state index < -0.39 is 17.6 Å². The van der Waals surface area contributed by atoms with Crippen molar-refractivity contribution in [1.29, 1.82) is 0 Å². The Kier molecular flexibility index (Phi) is 6.09. The van der Waals surface area contributed by atoms with Gasteiger partial charge >= 0.3 is 5.97 Å². The van der Waals surface area contributed by atoms with Gasteiger partial charge in [-0.2, -0.15) is 0 Å². The summed E-state index contributed by atoms with van der Waals surface area (Å²) in [5.74, 6) is -0.744. The largest absolute Gasteiger partial charge is 0.480 e. The Hall–Kier alpha value is -0.610. The lowest BCUT2D eigenvalue weighted by Gasteiger charge is -2.37. The molecule has 1 atom stereocenters. The van der Waals surface area contributed by atoms with Crippen molar-refractivity contribution in [3.63, 3.8) is 0 Å². The van der Waals surface area contributed by atoms with E-state index in [0.717, 1.165) is 25.8 Å². The molecular weight excluding hydrogens is 230 g/mol. The van der Waals surface area contributed by atoms with Crippen LogP contribution < -0.4 is 0 Å². The fraction of sp³-hybridized carbons (Fsp3) is 0.929. The molecule has 1 rings (SSSR count). The fourth-order valence-corrected chi connectivity index (χ4v) is 2.67. The first-order valence-electron chi connectivity index (χ1n) is 7.21. The molecule has 18 heavy (non-hydrogen) atoms. The first-order chi connectivity index (χ1) is 8.52. The van der Waals surface area contributed by atoms with Crippen molar-refractivity contribution in [1.82, 2.24) is 4.90 Å². The number of aliphatic carboxylic acids is 1. The zero-order valence-corrected chi connectivity index (χ0v) is 11.7. The molecular formula is C14H27NO3. The summed E-state index contributed by atoms with van der Waals surface area (Å²) in [6.45, 7) is 5.20. The third-order valence-electron chi connectivity index (χ3n) is 4.21. The molecule has 4 nitrogen and oxygen atoms in total. The van der Waals surface area contributed by atoms with Crippen molar-refractivity contribution < 1.29 is 15.0 Å². The smallest absolute Gasteiger partial charge is 0.320 e. The van der Waals surface area contributed by atoms with Gasteiger partial charge in [0.25, 0.3) is 0 Å². The van der Waals surface area contributed by atoms with Gasteiger partial charge in [0.1, 0.15) is 6.04 Å². The highest BCUT2D eigenvalue weighted by Gasteiger charge is 2.32. The number of carboxylic acids is 1. The van der Waals surface area contributed by atoms with Crippen LogP contribution >= 0.6 is 0 Å². The van der Waals surface area contributed by atoms with Gasteiger partial charge in [-0.3, -0.25) is 9.69 Å². The SMILES string of the molecule is CCC(O)(CC)CN1CCCCCCC1C(=O)O. The van der Waals surface area contributed by atoms with E-state index in [1.54, 1.807) is 0 Å². The summed E-state index contributed by atoms with van der Waals surface area (Å²) in [5, 5.41) is 19.8. The monoisotopic (exact) mass is 257 g/mol. The second-order valence-electron chi connectivity index (χ2n) is 5.46. The maximum absolute atomic E-state index is 11.4. The molecule has 0 spiro atoms. The maximum Gasteiger partial charge on any atom is 0.320 e. The number of carboxylic acid groups (broad SMARTS) is 1. The average molecular weight is 257 g/mol. The van der Waals surface area contributed by atoms with Gasteiger partial charge in [0.15, 0.2) is 0 Å². The number of likely N-dealkylation sites (tertiary alicyclic amines) is 1. The molecule has 2 N–H and O–H groups in total. The minimum atomic E-state index is -0.744. The minimum absolute atomic E-state index is 0.421. The fourth-order valence-electron chi connectivity index (χ4n) is 2.67. The lowest BCUT2D eigenvalue weighted by Crippen LogP contribution is -2.50. The Balaban J connectivity index is 2.74. The number of rotatable bonds is 5. The van der Waals surface area contributed by atoms with Crippen LogP contribution in [0.2, 0.25) is 0 Å². The van der Waals surface area contributed by atoms with Gasteiger partial charge in [-0.05, 0) is 32.2 Å². The molecule has 1 unspecified atom stereocenters. The van der Waals surface area contributed by atoms with E-state index in [4.69, 9.17) is 0 Å². The van der Waals surface area contributed by atoms with Crippen LogP contribution in [0.1, 0.15) is 58.8 Å². The predicted molar refractivity (Wildman–Crippen MR) is 71.6 cm³/mol. The topological polar surface area (TPSA) is 60.8 Å². The highest BCUT2D eigenvalue weighted by Crippen LogP contribution is 2.22. The number of hydrogen-bond donors (Lipinski definition) is 2. The van der Waals surface area contributed by atoms with Gasteiger partial charge in [0.2, 0.25) is 0 Å². The van der Waals surface area contributed by atoms with Crippen LogP contribution in [-0.4, -0.2) is 45.8 Å². The number of hydrogen-bond acceptors (Lipinski definition) is 3. The third-order valence-corrected chi connectivity index (χ3v) is 4.21. The Morgan fingerprint density at radius 1 is 1.22 bits per heavy atom. The molecule has 4 heteroatoms. The van der Waals surface area contributed by atoms with Crippen molar-refractivity contribution >= 4 is 5.97 Å². The summed E-state index contributed by atoms with van der Waals surface area (Å²) in [7, 11) is 0. The summed E-state index contributed by atoms with van der Waals surface area (Å²) in [5.41, 5.74) is -0.743. The average Bonchev–Trinajstić information content (AvgIpc) is 2.32. The van der Waals surface area contributed by atoms with Crippen molar-refractivity contribution in [2.75, 3.05) is 13.1 Å². The quantitative estimate of drug-likeness (QED) is 0.793. The Morgan fingerprint density at radius 3 is 2.39 bits per heavy atom. The molecule has 1 aliphatic rings. The van der Waals surface area contributed by atoms with Crippen LogP contribution in [0.15, 0.2) is 0 Å². The molecule has 0 amide bonds. The van der Waals surface area contributed by atoms with Gasteiger partial charge < -0.3 is 10.2 Å². The van der Waals surface area contributed by atoms with Crippen LogP contribution in [0.5, 0.6) is 0 Å². The van der Waals surface area contributed by atoms with Crippen LogP contribution in [0.25, 0.3) is 0 Å². The van der Waals surface area contributed by atoms with E-state index in [-0.39, 0.29) is 0 Å². The van der Waals surface area contributed by atoms with E-state index in [2.05, 4.69) is 0 Å². The molecule has 0 saturated carbocycles. The normalized spacial score (nSPS) is 23.4. The van der Waals surface area contributed by atoms with E-state index in [1.165, 1.54) is 6.42 Å². The van der Waals surface area contributed by atoms with Crippen molar-refractivity contribution in [3.05, 3.63) is 0 Å². The maximum atomic E-state index is 11.4. The number of aliphatic hydroxyl groups is 1. The van der Waals surface area contributed by atoms with Crippen LogP contribution in [0.4, 0.5) is 0 Å². The van der Waals surface area contributed by atoms with Gasteiger partial charge in [-0.15, -0.1) is 0 Å². The van der Waals surface area contributed by atoms with Crippen molar-refractivity contribution in [3.8, 4) is 0 Å². The Labute approximate surface area is 110 Å². The van der Waals surface area contributed by atoms with E-state index in [1.807, 2.05) is 18.7 Å². The Morgan fingerprint density at radius 2 is 1.83 bits per heavy atom. The van der Waals surface area contributed by atoms with Crippen LogP contribution in [-0.2, 0) is 4.79 Å². The molecule has 1 fully saturated rings. The second kappa shape index (κ2) is 7.10.